The maximum Gasteiger partial charge on any atom is 0.0172 e. The first-order valence-electron chi connectivity index (χ1n) is 6.34. The molecule has 2 unspecified atom stereocenters. The van der Waals surface area contributed by atoms with E-state index in [4.69, 9.17) is 0 Å². The third kappa shape index (κ3) is 4.75. The molecule has 0 saturated carbocycles. The van der Waals surface area contributed by atoms with Crippen molar-refractivity contribution >= 4 is 11.8 Å². The Morgan fingerprint density at radius 1 is 1.47 bits per heavy atom. The Morgan fingerprint density at radius 3 is 2.93 bits per heavy atom. The van der Waals surface area contributed by atoms with Gasteiger partial charge in [0.2, 0.25) is 0 Å². The third-order valence-electron chi connectivity index (χ3n) is 3.24. The van der Waals surface area contributed by atoms with Crippen LogP contribution in [0.1, 0.15) is 33.6 Å². The second kappa shape index (κ2) is 7.53. The molecule has 1 aliphatic rings. The Bertz CT molecular complexity index is 164. The van der Waals surface area contributed by atoms with Crippen molar-refractivity contribution in [3.05, 3.63) is 0 Å². The van der Waals surface area contributed by atoms with E-state index in [0.717, 1.165) is 24.4 Å². The summed E-state index contributed by atoms with van der Waals surface area (Å²) in [4.78, 5) is 2.67. The number of hydrogen-bond acceptors (Lipinski definition) is 3. The summed E-state index contributed by atoms with van der Waals surface area (Å²) >= 11 is 2.16. The Hall–Kier alpha value is 0.270. The summed E-state index contributed by atoms with van der Waals surface area (Å²) in [5.41, 5.74) is 0. The molecule has 15 heavy (non-hydrogen) atoms. The van der Waals surface area contributed by atoms with Crippen LogP contribution < -0.4 is 5.32 Å². The van der Waals surface area contributed by atoms with Crippen LogP contribution in [0.2, 0.25) is 0 Å². The average Bonchev–Trinajstić information content (AvgIpc) is 2.29. The van der Waals surface area contributed by atoms with Gasteiger partial charge in [0, 0.05) is 30.1 Å². The minimum absolute atomic E-state index is 0.749. The van der Waals surface area contributed by atoms with E-state index in [2.05, 4.69) is 42.7 Å². The van der Waals surface area contributed by atoms with Gasteiger partial charge in [0.05, 0.1) is 0 Å². The molecule has 0 radical (unpaired) electrons. The summed E-state index contributed by atoms with van der Waals surface area (Å²) in [5, 5.41) is 4.29. The quantitative estimate of drug-likeness (QED) is 0.704. The first-order chi connectivity index (χ1) is 7.27. The molecule has 0 aromatic rings. The molecule has 0 amide bonds. The van der Waals surface area contributed by atoms with Gasteiger partial charge in [-0.05, 0) is 32.9 Å². The van der Waals surface area contributed by atoms with Crippen molar-refractivity contribution in [1.29, 1.82) is 0 Å². The fourth-order valence-corrected chi connectivity index (χ4v) is 3.27. The summed E-state index contributed by atoms with van der Waals surface area (Å²) in [5.74, 6) is 1.32. The Morgan fingerprint density at radius 2 is 2.27 bits per heavy atom. The predicted octanol–water partition coefficient (Wildman–Crippen LogP) is 2.20. The van der Waals surface area contributed by atoms with Gasteiger partial charge in [-0.1, -0.05) is 13.8 Å². The molecule has 1 saturated heterocycles. The zero-order chi connectivity index (χ0) is 11.1. The third-order valence-corrected chi connectivity index (χ3v) is 4.61. The van der Waals surface area contributed by atoms with Crippen LogP contribution in [0.5, 0.6) is 0 Å². The van der Waals surface area contributed by atoms with E-state index in [9.17, 15) is 0 Å². The standard InChI is InChI=1S/C12H26N2S/c1-4-12-10-14(8-9-15-12)11(3)6-7-13-5-2/h11-13H,4-10H2,1-3H3. The van der Waals surface area contributed by atoms with Gasteiger partial charge in [-0.25, -0.2) is 0 Å². The van der Waals surface area contributed by atoms with Gasteiger partial charge in [-0.3, -0.25) is 4.90 Å². The van der Waals surface area contributed by atoms with Gasteiger partial charge in [-0.15, -0.1) is 0 Å². The van der Waals surface area contributed by atoms with Gasteiger partial charge in [0.15, 0.2) is 0 Å². The van der Waals surface area contributed by atoms with Crippen LogP contribution in [0.4, 0.5) is 0 Å². The van der Waals surface area contributed by atoms with Crippen LogP contribution in [0.25, 0.3) is 0 Å². The monoisotopic (exact) mass is 230 g/mol. The molecule has 0 aromatic carbocycles. The molecule has 2 atom stereocenters. The fraction of sp³-hybridized carbons (Fsp3) is 1.00. The van der Waals surface area contributed by atoms with Crippen molar-refractivity contribution in [2.45, 2.75) is 44.9 Å². The highest BCUT2D eigenvalue weighted by Gasteiger charge is 2.22. The summed E-state index contributed by atoms with van der Waals surface area (Å²) in [6.07, 6.45) is 2.61. The number of nitrogens with one attached hydrogen (secondary N) is 1. The highest BCUT2D eigenvalue weighted by Crippen LogP contribution is 2.22. The first kappa shape index (κ1) is 13.3. The van der Waals surface area contributed by atoms with E-state index < -0.39 is 0 Å². The van der Waals surface area contributed by atoms with Crippen LogP contribution in [-0.2, 0) is 0 Å². The highest BCUT2D eigenvalue weighted by molar-refractivity contribution is 8.00. The molecule has 1 heterocycles. The summed E-state index contributed by atoms with van der Waals surface area (Å²) in [6, 6.07) is 0.749. The smallest absolute Gasteiger partial charge is 0.0172 e. The molecular formula is C12H26N2S. The van der Waals surface area contributed by atoms with Gasteiger partial charge in [0.25, 0.3) is 0 Å². The van der Waals surface area contributed by atoms with Crippen LogP contribution >= 0.6 is 11.8 Å². The summed E-state index contributed by atoms with van der Waals surface area (Å²) < 4.78 is 0. The van der Waals surface area contributed by atoms with Gasteiger partial charge >= 0.3 is 0 Å². The van der Waals surface area contributed by atoms with E-state index in [1.54, 1.807) is 0 Å². The number of hydrogen-bond donors (Lipinski definition) is 1. The molecule has 1 rings (SSSR count). The molecule has 90 valence electrons. The predicted molar refractivity (Wildman–Crippen MR) is 70.7 cm³/mol. The molecule has 1 aliphatic heterocycles. The number of nitrogens with zero attached hydrogens (tertiary/aromatic N) is 1. The molecule has 0 aliphatic carbocycles. The van der Waals surface area contributed by atoms with E-state index in [0.29, 0.717) is 0 Å². The van der Waals surface area contributed by atoms with Crippen molar-refractivity contribution in [3.63, 3.8) is 0 Å². The second-order valence-electron chi connectivity index (χ2n) is 4.39. The maximum atomic E-state index is 3.41. The van der Waals surface area contributed by atoms with Crippen LogP contribution in [-0.4, -0.2) is 48.1 Å². The van der Waals surface area contributed by atoms with Crippen molar-refractivity contribution in [2.75, 3.05) is 31.9 Å². The fourth-order valence-electron chi connectivity index (χ4n) is 2.06. The first-order valence-corrected chi connectivity index (χ1v) is 7.39. The molecule has 0 bridgehead atoms. The normalized spacial score (nSPS) is 25.4. The molecular weight excluding hydrogens is 204 g/mol. The van der Waals surface area contributed by atoms with Gasteiger partial charge < -0.3 is 5.32 Å². The van der Waals surface area contributed by atoms with Crippen molar-refractivity contribution < 1.29 is 0 Å². The zero-order valence-electron chi connectivity index (χ0n) is 10.5. The zero-order valence-corrected chi connectivity index (χ0v) is 11.3. The molecule has 0 aromatic heterocycles. The van der Waals surface area contributed by atoms with E-state index in [1.807, 2.05) is 0 Å². The molecule has 3 heteroatoms. The number of thioether (sulfide) groups is 1. The lowest BCUT2D eigenvalue weighted by molar-refractivity contribution is 0.205. The van der Waals surface area contributed by atoms with Gasteiger partial charge in [-0.2, -0.15) is 11.8 Å². The molecule has 2 nitrogen and oxygen atoms in total. The lowest BCUT2D eigenvalue weighted by Gasteiger charge is -2.36. The van der Waals surface area contributed by atoms with Crippen LogP contribution in [0.15, 0.2) is 0 Å². The van der Waals surface area contributed by atoms with Crippen LogP contribution in [0.3, 0.4) is 0 Å². The van der Waals surface area contributed by atoms with E-state index >= 15 is 0 Å². The maximum absolute atomic E-state index is 3.41. The van der Waals surface area contributed by atoms with E-state index in [1.165, 1.54) is 31.7 Å². The minimum atomic E-state index is 0.749. The summed E-state index contributed by atoms with van der Waals surface area (Å²) in [7, 11) is 0. The topological polar surface area (TPSA) is 15.3 Å². The highest BCUT2D eigenvalue weighted by atomic mass is 32.2. The minimum Gasteiger partial charge on any atom is -0.317 e. The Labute approximate surface area is 99.2 Å². The lowest BCUT2D eigenvalue weighted by atomic mass is 10.1. The second-order valence-corrected chi connectivity index (χ2v) is 5.80. The van der Waals surface area contributed by atoms with Gasteiger partial charge in [0.1, 0.15) is 0 Å². The van der Waals surface area contributed by atoms with Crippen LogP contribution in [0, 0.1) is 0 Å². The SMILES string of the molecule is CCNCCC(C)N1CCSC(CC)C1. The molecule has 0 spiro atoms. The van der Waals surface area contributed by atoms with Crippen molar-refractivity contribution in [3.8, 4) is 0 Å². The van der Waals surface area contributed by atoms with Crippen molar-refractivity contribution in [2.24, 2.45) is 0 Å². The molecule has 1 N–H and O–H groups in total. The van der Waals surface area contributed by atoms with Crippen molar-refractivity contribution in [1.82, 2.24) is 10.2 Å². The average molecular weight is 230 g/mol. The summed E-state index contributed by atoms with van der Waals surface area (Å²) in [6.45, 7) is 11.7. The number of rotatable bonds is 6. The largest absolute Gasteiger partial charge is 0.317 e. The lowest BCUT2D eigenvalue weighted by Crippen LogP contribution is -2.44. The molecule has 1 fully saturated rings. The van der Waals surface area contributed by atoms with E-state index in [-0.39, 0.29) is 0 Å². The Balaban J connectivity index is 2.22. The Kier molecular flexibility index (Phi) is 6.69.